The summed E-state index contributed by atoms with van der Waals surface area (Å²) in [5.41, 5.74) is 1.36. The van der Waals surface area contributed by atoms with Gasteiger partial charge in [-0.15, -0.1) is 0 Å². The van der Waals surface area contributed by atoms with Crippen molar-refractivity contribution in [1.29, 1.82) is 0 Å². The molecule has 1 aromatic rings. The summed E-state index contributed by atoms with van der Waals surface area (Å²) in [4.78, 5) is 14.5. The van der Waals surface area contributed by atoms with Gasteiger partial charge in [-0.2, -0.15) is 0 Å². The van der Waals surface area contributed by atoms with Crippen LogP contribution in [0, 0.1) is 11.8 Å². The Hall–Kier alpha value is -1.35. The molecule has 3 nitrogen and oxygen atoms in total. The molecule has 1 fully saturated rings. The highest BCUT2D eigenvalue weighted by atomic mass is 16.1. The molecule has 1 amide bonds. The maximum Gasteiger partial charge on any atom is 0.220 e. The van der Waals surface area contributed by atoms with Gasteiger partial charge in [-0.05, 0) is 56.2 Å². The van der Waals surface area contributed by atoms with Crippen LogP contribution in [-0.4, -0.2) is 37.0 Å². The van der Waals surface area contributed by atoms with Gasteiger partial charge in [0.15, 0.2) is 0 Å². The minimum atomic E-state index is 0.205. The smallest absolute Gasteiger partial charge is 0.220 e. The van der Waals surface area contributed by atoms with Gasteiger partial charge in [0.25, 0.3) is 0 Å². The van der Waals surface area contributed by atoms with Gasteiger partial charge >= 0.3 is 0 Å². The van der Waals surface area contributed by atoms with Crippen molar-refractivity contribution in [3.8, 4) is 0 Å². The molecule has 0 saturated carbocycles. The number of nitrogens with one attached hydrogen (secondary N) is 1. The van der Waals surface area contributed by atoms with Crippen molar-refractivity contribution >= 4 is 5.91 Å². The number of hydrogen-bond acceptors (Lipinski definition) is 2. The molecular weight excluding hydrogens is 284 g/mol. The van der Waals surface area contributed by atoms with E-state index < -0.39 is 0 Å². The van der Waals surface area contributed by atoms with Crippen LogP contribution in [0.2, 0.25) is 0 Å². The Balaban J connectivity index is 1.55. The van der Waals surface area contributed by atoms with E-state index in [0.29, 0.717) is 12.3 Å². The number of aryl methyl sites for hydroxylation is 1. The number of piperidine rings is 1. The first-order valence-electron chi connectivity index (χ1n) is 9.16. The maximum atomic E-state index is 12.0. The van der Waals surface area contributed by atoms with Crippen LogP contribution in [0.25, 0.3) is 0 Å². The molecule has 0 aromatic heterocycles. The van der Waals surface area contributed by atoms with Gasteiger partial charge < -0.3 is 10.2 Å². The summed E-state index contributed by atoms with van der Waals surface area (Å²) in [6, 6.07) is 10.5. The molecule has 0 radical (unpaired) electrons. The third kappa shape index (κ3) is 7.17. The Morgan fingerprint density at radius 2 is 1.96 bits per heavy atom. The van der Waals surface area contributed by atoms with Crippen molar-refractivity contribution < 1.29 is 4.79 Å². The number of rotatable bonds is 8. The zero-order chi connectivity index (χ0) is 16.5. The summed E-state index contributed by atoms with van der Waals surface area (Å²) < 4.78 is 0. The van der Waals surface area contributed by atoms with E-state index in [9.17, 15) is 4.79 Å². The Morgan fingerprint density at radius 1 is 1.26 bits per heavy atom. The second-order valence-corrected chi connectivity index (χ2v) is 7.21. The van der Waals surface area contributed by atoms with E-state index in [1.165, 1.54) is 31.5 Å². The van der Waals surface area contributed by atoms with Crippen LogP contribution >= 0.6 is 0 Å². The number of benzene rings is 1. The van der Waals surface area contributed by atoms with Crippen molar-refractivity contribution in [2.45, 2.75) is 46.0 Å². The molecule has 23 heavy (non-hydrogen) atoms. The monoisotopic (exact) mass is 316 g/mol. The zero-order valence-corrected chi connectivity index (χ0v) is 14.8. The fourth-order valence-corrected chi connectivity index (χ4v) is 3.19. The topological polar surface area (TPSA) is 32.3 Å². The van der Waals surface area contributed by atoms with Crippen molar-refractivity contribution in [1.82, 2.24) is 10.2 Å². The predicted molar refractivity (Wildman–Crippen MR) is 96.4 cm³/mol. The first kappa shape index (κ1) is 18.0. The average Bonchev–Trinajstić information content (AvgIpc) is 2.56. The second-order valence-electron chi connectivity index (χ2n) is 7.21. The second kappa shape index (κ2) is 9.71. The molecule has 1 unspecified atom stereocenters. The first-order chi connectivity index (χ1) is 11.1. The molecule has 128 valence electrons. The Kier molecular flexibility index (Phi) is 7.60. The van der Waals surface area contributed by atoms with Crippen LogP contribution in [0.15, 0.2) is 30.3 Å². The summed E-state index contributed by atoms with van der Waals surface area (Å²) in [5, 5.41) is 3.09. The molecule has 0 bridgehead atoms. The van der Waals surface area contributed by atoms with Crippen LogP contribution < -0.4 is 5.32 Å². The SMILES string of the molecule is CC1CCN(CCNC(=O)CC(C)CCc2ccccc2)CC1. The number of nitrogens with zero attached hydrogens (tertiary/aromatic N) is 1. The number of likely N-dealkylation sites (tertiary alicyclic amines) is 1. The van der Waals surface area contributed by atoms with Gasteiger partial charge in [0.1, 0.15) is 0 Å². The van der Waals surface area contributed by atoms with E-state index in [4.69, 9.17) is 0 Å². The quantitative estimate of drug-likeness (QED) is 0.796. The molecule has 1 saturated heterocycles. The lowest BCUT2D eigenvalue weighted by Crippen LogP contribution is -2.39. The van der Waals surface area contributed by atoms with Crippen molar-refractivity contribution in [2.75, 3.05) is 26.2 Å². The lowest BCUT2D eigenvalue weighted by atomic mass is 9.98. The number of amides is 1. The lowest BCUT2D eigenvalue weighted by Gasteiger charge is -2.30. The molecule has 0 spiro atoms. The molecule has 1 aromatic carbocycles. The van der Waals surface area contributed by atoms with E-state index in [0.717, 1.165) is 31.8 Å². The van der Waals surface area contributed by atoms with Crippen LogP contribution in [0.3, 0.4) is 0 Å². The lowest BCUT2D eigenvalue weighted by molar-refractivity contribution is -0.122. The molecule has 2 rings (SSSR count). The van der Waals surface area contributed by atoms with Crippen molar-refractivity contribution in [3.63, 3.8) is 0 Å². The molecule has 1 N–H and O–H groups in total. The zero-order valence-electron chi connectivity index (χ0n) is 14.8. The molecule has 1 heterocycles. The highest BCUT2D eigenvalue weighted by Crippen LogP contribution is 2.15. The third-order valence-corrected chi connectivity index (χ3v) is 4.93. The third-order valence-electron chi connectivity index (χ3n) is 4.93. The number of carbonyl (C=O) groups is 1. The minimum Gasteiger partial charge on any atom is -0.355 e. The van der Waals surface area contributed by atoms with E-state index in [2.05, 4.69) is 48.3 Å². The molecule has 1 aliphatic heterocycles. The van der Waals surface area contributed by atoms with Crippen LogP contribution in [-0.2, 0) is 11.2 Å². The van der Waals surface area contributed by atoms with Gasteiger partial charge in [0.2, 0.25) is 5.91 Å². The standard InChI is InChI=1S/C20H32N2O/c1-17-10-13-22(14-11-17)15-12-21-20(23)16-18(2)8-9-19-6-4-3-5-7-19/h3-7,17-18H,8-16H2,1-2H3,(H,21,23). The molecule has 1 atom stereocenters. The largest absolute Gasteiger partial charge is 0.355 e. The normalized spacial score (nSPS) is 17.8. The van der Waals surface area contributed by atoms with Gasteiger partial charge in [0.05, 0.1) is 0 Å². The maximum absolute atomic E-state index is 12.0. The van der Waals surface area contributed by atoms with Gasteiger partial charge in [-0.1, -0.05) is 44.2 Å². The van der Waals surface area contributed by atoms with Gasteiger partial charge in [-0.3, -0.25) is 4.79 Å². The van der Waals surface area contributed by atoms with Crippen LogP contribution in [0.5, 0.6) is 0 Å². The van der Waals surface area contributed by atoms with E-state index in [1.54, 1.807) is 0 Å². The van der Waals surface area contributed by atoms with Gasteiger partial charge in [-0.25, -0.2) is 0 Å². The van der Waals surface area contributed by atoms with Gasteiger partial charge in [0, 0.05) is 19.5 Å². The van der Waals surface area contributed by atoms with E-state index in [1.807, 2.05) is 6.07 Å². The molecule has 0 aliphatic carbocycles. The summed E-state index contributed by atoms with van der Waals surface area (Å²) in [6.07, 6.45) is 5.36. The summed E-state index contributed by atoms with van der Waals surface area (Å²) in [5.74, 6) is 1.51. The van der Waals surface area contributed by atoms with E-state index >= 15 is 0 Å². The average molecular weight is 316 g/mol. The highest BCUT2D eigenvalue weighted by Gasteiger charge is 2.15. The Bertz CT molecular complexity index is 452. The minimum absolute atomic E-state index is 0.205. The number of carbonyl (C=O) groups excluding carboxylic acids is 1. The van der Waals surface area contributed by atoms with Crippen molar-refractivity contribution in [2.24, 2.45) is 11.8 Å². The molecular formula is C20H32N2O. The Labute approximate surface area is 141 Å². The fraction of sp³-hybridized carbons (Fsp3) is 0.650. The predicted octanol–water partition coefficient (Wildman–Crippen LogP) is 3.49. The van der Waals surface area contributed by atoms with E-state index in [-0.39, 0.29) is 5.91 Å². The highest BCUT2D eigenvalue weighted by molar-refractivity contribution is 5.76. The summed E-state index contributed by atoms with van der Waals surface area (Å²) in [6.45, 7) is 8.66. The fourth-order valence-electron chi connectivity index (χ4n) is 3.19. The summed E-state index contributed by atoms with van der Waals surface area (Å²) >= 11 is 0. The first-order valence-corrected chi connectivity index (χ1v) is 9.16. The van der Waals surface area contributed by atoms with Crippen molar-refractivity contribution in [3.05, 3.63) is 35.9 Å². The molecule has 1 aliphatic rings. The summed E-state index contributed by atoms with van der Waals surface area (Å²) in [7, 11) is 0. The van der Waals surface area contributed by atoms with Crippen LogP contribution in [0.4, 0.5) is 0 Å². The van der Waals surface area contributed by atoms with Crippen LogP contribution in [0.1, 0.15) is 45.1 Å². The molecule has 3 heteroatoms. The Morgan fingerprint density at radius 3 is 2.65 bits per heavy atom. The number of hydrogen-bond donors (Lipinski definition) is 1.